The van der Waals surface area contributed by atoms with E-state index >= 15 is 0 Å². The molecule has 7 nitrogen and oxygen atoms in total. The van der Waals surface area contributed by atoms with Gasteiger partial charge in [0, 0.05) is 0 Å². The van der Waals surface area contributed by atoms with Gasteiger partial charge in [-0.15, -0.1) is 0 Å². The summed E-state index contributed by atoms with van der Waals surface area (Å²) in [4.78, 5) is 50.3. The highest BCUT2D eigenvalue weighted by Crippen LogP contribution is 2.25. The van der Waals surface area contributed by atoms with Crippen LogP contribution >= 0.6 is 7.82 Å². The first kappa shape index (κ1) is 37.0. The Balaban J connectivity index is -0.000000146. The molecule has 0 aliphatic carbocycles. The first-order valence-corrected chi connectivity index (χ1v) is 20.3. The Morgan fingerprint density at radius 2 is 0.517 bits per heavy atom. The van der Waals surface area contributed by atoms with E-state index in [9.17, 15) is 14.4 Å². The molecule has 6 N–H and O–H groups in total. The Morgan fingerprint density at radius 3 is 0.517 bits per heavy atom. The zero-order chi connectivity index (χ0) is 24.4. The van der Waals surface area contributed by atoms with Crippen LogP contribution in [0.25, 0.3) is 0 Å². The summed E-state index contributed by atoms with van der Waals surface area (Å²) < 4.78 is 8.88. The molecule has 0 atom stereocenters. The molecule has 0 fully saturated rings. The van der Waals surface area contributed by atoms with Gasteiger partial charge in [-0.3, -0.25) is 0 Å². The highest BCUT2D eigenvalue weighted by Gasteiger charge is 2.23. The number of hydrogen-bond donors (Lipinski definition) is 6. The van der Waals surface area contributed by atoms with Crippen molar-refractivity contribution in [2.45, 2.75) is 117 Å². The van der Waals surface area contributed by atoms with Gasteiger partial charge in [0.25, 0.3) is 0 Å². The van der Waals surface area contributed by atoms with Gasteiger partial charge in [-0.05, 0) is 54.4 Å². The Morgan fingerprint density at radius 1 is 0.448 bits per heavy atom. The lowest BCUT2D eigenvalue weighted by molar-refractivity contribution is 0.275. The van der Waals surface area contributed by atoms with Crippen LogP contribution in [0.3, 0.4) is 0 Å². The predicted molar refractivity (Wildman–Crippen MR) is 133 cm³/mol. The van der Waals surface area contributed by atoms with Crippen LogP contribution in [0, 0.1) is 0 Å². The van der Waals surface area contributed by atoms with Crippen molar-refractivity contribution >= 4 is 32.8 Å². The molecule has 0 spiro atoms. The topological polar surface area (TPSA) is 138 Å². The van der Waals surface area contributed by atoms with Gasteiger partial charge in [-0.2, -0.15) is 0 Å². The van der Waals surface area contributed by atoms with Gasteiger partial charge in [0.15, 0.2) is 25.0 Å². The first-order chi connectivity index (χ1) is 13.0. The molecule has 0 aliphatic rings. The third kappa shape index (κ3) is 26.6. The summed E-state index contributed by atoms with van der Waals surface area (Å²) in [5.41, 5.74) is 0. The van der Waals surface area contributed by atoms with E-state index in [1.54, 1.807) is 0 Å². The van der Waals surface area contributed by atoms with Crippen LogP contribution in [0.15, 0.2) is 0 Å². The molecule has 0 heterocycles. The minimum atomic E-state index is -4.64. The normalized spacial score (nSPS) is 12.0. The van der Waals surface area contributed by atoms with Crippen molar-refractivity contribution < 1.29 is 33.6 Å². The molecular weight excluding hydrogens is 443 g/mol. The Labute approximate surface area is 183 Å². The number of rotatable bonds is 9. The van der Waals surface area contributed by atoms with Crippen molar-refractivity contribution in [1.82, 2.24) is 0 Å². The summed E-state index contributed by atoms with van der Waals surface area (Å²) in [5.74, 6) is 0. The summed E-state index contributed by atoms with van der Waals surface area (Å²) in [7, 11) is -9.65. The van der Waals surface area contributed by atoms with Gasteiger partial charge in [-0.25, -0.2) is 4.57 Å². The maximum absolute atomic E-state index is 9.58. The summed E-state index contributed by atoms with van der Waals surface area (Å²) in [6, 6.07) is 9.13. The molecule has 0 aromatic heterocycles. The third-order valence-electron chi connectivity index (χ3n) is 5.92. The van der Waals surface area contributed by atoms with E-state index in [1.165, 1.54) is 0 Å². The van der Waals surface area contributed by atoms with E-state index in [4.69, 9.17) is 19.2 Å². The average Bonchev–Trinajstić information content (AvgIpc) is 2.71. The molecule has 0 aromatic carbocycles. The van der Waals surface area contributed by atoms with E-state index in [2.05, 4.69) is 62.3 Å². The van der Waals surface area contributed by atoms with Gasteiger partial charge in [-0.1, -0.05) is 62.3 Å². The quantitative estimate of drug-likeness (QED) is 0.195. The van der Waals surface area contributed by atoms with Crippen molar-refractivity contribution in [3.8, 4) is 0 Å². The summed E-state index contributed by atoms with van der Waals surface area (Å²) in [5, 5.41) is 0. The SMILES string of the molecule is CC[Si](O)(CC)CC.CC[Si](O)(CC)CC.CC[Si](O)(CC)CC.O=P(O)(O)O. The predicted octanol–water partition coefficient (Wildman–Crippen LogP) is 5.02. The fourth-order valence-electron chi connectivity index (χ4n) is 2.25. The first-order valence-electron chi connectivity index (χ1n) is 11.0. The molecule has 0 radical (unpaired) electrons. The minimum absolute atomic E-state index is 1.01. The largest absolute Gasteiger partial charge is 0.466 e. The lowest BCUT2D eigenvalue weighted by atomic mass is 10.9. The molecular formula is C18H51O7PSi3. The van der Waals surface area contributed by atoms with Crippen LogP contribution in [-0.2, 0) is 4.57 Å². The Kier molecular flexibility index (Phi) is 24.7. The van der Waals surface area contributed by atoms with Crippen molar-refractivity contribution in [3.05, 3.63) is 0 Å². The Bertz CT molecular complexity index is 321. The van der Waals surface area contributed by atoms with Gasteiger partial charge < -0.3 is 29.1 Å². The van der Waals surface area contributed by atoms with Crippen LogP contribution in [-0.4, -0.2) is 54.0 Å². The molecule has 0 bridgehead atoms. The number of hydrogen-bond acceptors (Lipinski definition) is 4. The van der Waals surface area contributed by atoms with Crippen molar-refractivity contribution in [2.24, 2.45) is 0 Å². The monoisotopic (exact) mass is 494 g/mol. The molecule has 0 unspecified atom stereocenters. The fraction of sp³-hybridized carbons (Fsp3) is 1.00. The lowest BCUT2D eigenvalue weighted by Gasteiger charge is -2.18. The smallest absolute Gasteiger partial charge is 0.432 e. The number of phosphoric acid groups is 1. The molecule has 0 amide bonds. The molecule has 0 saturated heterocycles. The maximum atomic E-state index is 9.58. The van der Waals surface area contributed by atoms with Crippen LogP contribution in [0.1, 0.15) is 62.3 Å². The van der Waals surface area contributed by atoms with Crippen molar-refractivity contribution in [1.29, 1.82) is 0 Å². The second-order valence-corrected chi connectivity index (χ2v) is 22.1. The Hall–Kier alpha value is 0.641. The highest BCUT2D eigenvalue weighted by atomic mass is 31.2. The third-order valence-corrected chi connectivity index (χ3v) is 17.8. The van der Waals surface area contributed by atoms with E-state index in [-0.39, 0.29) is 0 Å². The van der Waals surface area contributed by atoms with Crippen molar-refractivity contribution in [2.75, 3.05) is 0 Å². The fourth-order valence-corrected chi connectivity index (χ4v) is 6.75. The minimum Gasteiger partial charge on any atom is -0.432 e. The standard InChI is InChI=1S/3C6H16OSi.H3O4P/c3*1-4-8(7,5-2)6-3;1-5(2,3)4/h3*7H,4-6H2,1-3H3;(H3,1,2,3,4). The van der Waals surface area contributed by atoms with Gasteiger partial charge in [0.1, 0.15) is 0 Å². The molecule has 11 heteroatoms. The van der Waals surface area contributed by atoms with Gasteiger partial charge >= 0.3 is 7.82 Å². The summed E-state index contributed by atoms with van der Waals surface area (Å²) >= 11 is 0. The zero-order valence-electron chi connectivity index (χ0n) is 20.4. The van der Waals surface area contributed by atoms with E-state index < -0.39 is 32.8 Å². The van der Waals surface area contributed by atoms with E-state index in [1.807, 2.05) is 0 Å². The summed E-state index contributed by atoms with van der Waals surface area (Å²) in [6.07, 6.45) is 0. The van der Waals surface area contributed by atoms with E-state index in [0.717, 1.165) is 54.4 Å². The van der Waals surface area contributed by atoms with Gasteiger partial charge in [0.05, 0.1) is 0 Å². The van der Waals surface area contributed by atoms with Gasteiger partial charge in [0.2, 0.25) is 0 Å². The second-order valence-electron chi connectivity index (χ2n) is 7.37. The van der Waals surface area contributed by atoms with Crippen LogP contribution in [0.2, 0.25) is 54.4 Å². The average molecular weight is 495 g/mol. The molecule has 182 valence electrons. The second kappa shape index (κ2) is 19.3. The van der Waals surface area contributed by atoms with Crippen molar-refractivity contribution in [3.63, 3.8) is 0 Å². The van der Waals surface area contributed by atoms with E-state index in [0.29, 0.717) is 0 Å². The van der Waals surface area contributed by atoms with Crippen LogP contribution < -0.4 is 0 Å². The lowest BCUT2D eigenvalue weighted by Crippen LogP contribution is -2.30. The molecule has 29 heavy (non-hydrogen) atoms. The zero-order valence-corrected chi connectivity index (χ0v) is 24.3. The van der Waals surface area contributed by atoms with Crippen LogP contribution in [0.5, 0.6) is 0 Å². The summed E-state index contributed by atoms with van der Waals surface area (Å²) in [6.45, 7) is 18.7. The molecule has 0 saturated carbocycles. The molecule has 0 aliphatic heterocycles. The highest BCUT2D eigenvalue weighted by molar-refractivity contribution is 7.45. The van der Waals surface area contributed by atoms with Crippen LogP contribution in [0.4, 0.5) is 0 Å². The maximum Gasteiger partial charge on any atom is 0.466 e. The molecule has 0 aromatic rings. The molecule has 0 rings (SSSR count).